The van der Waals surface area contributed by atoms with Crippen LogP contribution in [0.5, 0.6) is 0 Å². The van der Waals surface area contributed by atoms with Gasteiger partial charge < -0.3 is 5.32 Å². The van der Waals surface area contributed by atoms with Crippen LogP contribution in [0.1, 0.15) is 0 Å². The number of aryl methyl sites for hydroxylation is 1. The molecule has 9 heteroatoms. The molecule has 0 saturated carbocycles. The van der Waals surface area contributed by atoms with E-state index in [9.17, 15) is 14.4 Å². The number of halogens is 1. The van der Waals surface area contributed by atoms with Crippen LogP contribution in [0.25, 0.3) is 11.2 Å². The first-order chi connectivity index (χ1) is 9.88. The van der Waals surface area contributed by atoms with E-state index >= 15 is 0 Å². The lowest BCUT2D eigenvalue weighted by atomic mass is 10.5. The zero-order chi connectivity index (χ0) is 15.7. The number of carbonyl (C=O) groups excluding carboxylic acids is 1. The number of fused-ring (bicyclic) bond motifs is 1. The molecule has 0 unspecified atom stereocenters. The van der Waals surface area contributed by atoms with Crippen LogP contribution in [0.3, 0.4) is 0 Å². The number of amides is 1. The smallest absolute Gasteiger partial charge is 0.332 e. The number of aromatic nitrogens is 4. The number of carbonyl (C=O) groups is 1. The Morgan fingerprint density at radius 3 is 2.67 bits per heavy atom. The molecule has 1 amide bonds. The predicted molar refractivity (Wildman–Crippen MR) is 81.1 cm³/mol. The molecule has 2 aromatic rings. The average Bonchev–Trinajstić information content (AvgIpc) is 2.78. The summed E-state index contributed by atoms with van der Waals surface area (Å²) in [4.78, 5) is 40.0. The Bertz CT molecular complexity index is 845. The van der Waals surface area contributed by atoms with Gasteiger partial charge in [-0.2, -0.15) is 0 Å². The molecule has 0 aromatic carbocycles. The van der Waals surface area contributed by atoms with Crippen molar-refractivity contribution in [2.24, 2.45) is 14.1 Å². The molecular weight excluding hydrogens is 342 g/mol. The van der Waals surface area contributed by atoms with E-state index in [4.69, 9.17) is 0 Å². The lowest BCUT2D eigenvalue weighted by molar-refractivity contribution is -0.121. The highest BCUT2D eigenvalue weighted by atomic mass is 79.9. The van der Waals surface area contributed by atoms with Crippen molar-refractivity contribution in [1.82, 2.24) is 24.0 Å². The Balaban J connectivity index is 2.63. The predicted octanol–water partition coefficient (Wildman–Crippen LogP) is -0.502. The van der Waals surface area contributed by atoms with Gasteiger partial charge in [-0.3, -0.25) is 23.3 Å². The van der Waals surface area contributed by atoms with Crippen LogP contribution in [0.2, 0.25) is 0 Å². The molecule has 2 aromatic heterocycles. The van der Waals surface area contributed by atoms with Gasteiger partial charge in [0.15, 0.2) is 15.9 Å². The topological polar surface area (TPSA) is 90.9 Å². The minimum absolute atomic E-state index is 0.0641. The van der Waals surface area contributed by atoms with Crippen molar-refractivity contribution in [1.29, 1.82) is 0 Å². The summed E-state index contributed by atoms with van der Waals surface area (Å²) in [5.74, 6) is -0.275. The van der Waals surface area contributed by atoms with Crippen LogP contribution in [-0.4, -0.2) is 31.1 Å². The van der Waals surface area contributed by atoms with Crippen LogP contribution in [-0.2, 0) is 25.4 Å². The third-order valence-corrected chi connectivity index (χ3v) is 3.64. The van der Waals surface area contributed by atoms with Crippen molar-refractivity contribution in [2.75, 3.05) is 6.54 Å². The van der Waals surface area contributed by atoms with Crippen molar-refractivity contribution >= 4 is 33.0 Å². The SMILES string of the molecule is C=CCNC(=O)Cn1c(Br)nc2c(=O)n(C)c(=O)n(C)c21. The third-order valence-electron chi connectivity index (χ3n) is 3.04. The molecule has 21 heavy (non-hydrogen) atoms. The van der Waals surface area contributed by atoms with E-state index in [-0.39, 0.29) is 18.0 Å². The van der Waals surface area contributed by atoms with Gasteiger partial charge in [0.1, 0.15) is 6.54 Å². The minimum atomic E-state index is -0.501. The average molecular weight is 356 g/mol. The van der Waals surface area contributed by atoms with E-state index in [1.54, 1.807) is 6.08 Å². The molecule has 0 bridgehead atoms. The summed E-state index contributed by atoms with van der Waals surface area (Å²) in [7, 11) is 2.91. The van der Waals surface area contributed by atoms with Crippen molar-refractivity contribution in [3.8, 4) is 0 Å². The zero-order valence-electron chi connectivity index (χ0n) is 11.6. The van der Waals surface area contributed by atoms with Crippen molar-refractivity contribution in [3.63, 3.8) is 0 Å². The van der Waals surface area contributed by atoms with E-state index in [2.05, 4.69) is 32.8 Å². The third kappa shape index (κ3) is 2.56. The molecule has 0 aliphatic carbocycles. The number of hydrogen-bond acceptors (Lipinski definition) is 4. The van der Waals surface area contributed by atoms with Crippen molar-refractivity contribution in [3.05, 3.63) is 38.2 Å². The Labute approximate surface area is 127 Å². The van der Waals surface area contributed by atoms with E-state index < -0.39 is 11.2 Å². The lowest BCUT2D eigenvalue weighted by Gasteiger charge is -2.09. The zero-order valence-corrected chi connectivity index (χ0v) is 13.2. The number of rotatable bonds is 4. The summed E-state index contributed by atoms with van der Waals surface area (Å²) >= 11 is 3.21. The highest BCUT2D eigenvalue weighted by Gasteiger charge is 2.19. The molecule has 8 nitrogen and oxygen atoms in total. The van der Waals surface area contributed by atoms with Gasteiger partial charge in [-0.1, -0.05) is 6.08 Å². The second kappa shape index (κ2) is 5.68. The highest BCUT2D eigenvalue weighted by Crippen LogP contribution is 2.16. The van der Waals surface area contributed by atoms with Crippen LogP contribution in [0.15, 0.2) is 27.0 Å². The van der Waals surface area contributed by atoms with Gasteiger partial charge >= 0.3 is 5.69 Å². The Kier molecular flexibility index (Phi) is 4.12. The molecule has 0 saturated heterocycles. The Morgan fingerprint density at radius 1 is 1.38 bits per heavy atom. The van der Waals surface area contributed by atoms with Gasteiger partial charge in [0, 0.05) is 20.6 Å². The van der Waals surface area contributed by atoms with E-state index in [0.717, 1.165) is 4.57 Å². The lowest BCUT2D eigenvalue weighted by Crippen LogP contribution is -2.38. The van der Waals surface area contributed by atoms with Gasteiger partial charge in [0.2, 0.25) is 5.91 Å². The Morgan fingerprint density at radius 2 is 2.05 bits per heavy atom. The first-order valence-electron chi connectivity index (χ1n) is 6.07. The molecule has 1 N–H and O–H groups in total. The molecule has 2 rings (SSSR count). The molecule has 0 radical (unpaired) electrons. The van der Waals surface area contributed by atoms with Gasteiger partial charge in [0.05, 0.1) is 0 Å². The maximum absolute atomic E-state index is 12.1. The first kappa shape index (κ1) is 15.2. The van der Waals surface area contributed by atoms with E-state index in [1.807, 2.05) is 0 Å². The highest BCUT2D eigenvalue weighted by molar-refractivity contribution is 9.10. The molecule has 0 aliphatic rings. The summed E-state index contributed by atoms with van der Waals surface area (Å²) in [6.45, 7) is 3.78. The second-order valence-corrected chi connectivity index (χ2v) is 5.15. The monoisotopic (exact) mass is 355 g/mol. The summed E-state index contributed by atoms with van der Waals surface area (Å²) < 4.78 is 4.04. The van der Waals surface area contributed by atoms with Gasteiger partial charge in [-0.15, -0.1) is 6.58 Å². The fourth-order valence-corrected chi connectivity index (χ4v) is 2.46. The van der Waals surface area contributed by atoms with Gasteiger partial charge in [0.25, 0.3) is 5.56 Å². The van der Waals surface area contributed by atoms with E-state index in [1.165, 1.54) is 23.2 Å². The number of nitrogens with zero attached hydrogens (tertiary/aromatic N) is 4. The standard InChI is InChI=1S/C12H14BrN5O3/c1-4-5-14-7(19)6-18-9-8(15-11(18)13)10(20)17(3)12(21)16(9)2/h4H,1,5-6H2,2-3H3,(H,14,19). The largest absolute Gasteiger partial charge is 0.351 e. The molecule has 0 aliphatic heterocycles. The van der Waals surface area contributed by atoms with Crippen molar-refractivity contribution in [2.45, 2.75) is 6.54 Å². The maximum atomic E-state index is 12.1. The molecule has 0 atom stereocenters. The Hall–Kier alpha value is -2.16. The minimum Gasteiger partial charge on any atom is -0.351 e. The summed E-state index contributed by atoms with van der Waals surface area (Å²) in [6, 6.07) is 0. The summed E-state index contributed by atoms with van der Waals surface area (Å²) in [5, 5.41) is 2.63. The summed E-state index contributed by atoms with van der Waals surface area (Å²) in [5.41, 5.74) is -0.557. The first-order valence-corrected chi connectivity index (χ1v) is 6.87. The number of imidazole rings is 1. The number of hydrogen-bond donors (Lipinski definition) is 1. The van der Waals surface area contributed by atoms with Crippen LogP contribution in [0, 0.1) is 0 Å². The number of nitrogens with one attached hydrogen (secondary N) is 1. The molecule has 0 spiro atoms. The van der Waals surface area contributed by atoms with Gasteiger partial charge in [-0.25, -0.2) is 9.78 Å². The maximum Gasteiger partial charge on any atom is 0.332 e. The molecule has 2 heterocycles. The van der Waals surface area contributed by atoms with Crippen LogP contribution < -0.4 is 16.6 Å². The molecule has 0 fully saturated rings. The normalized spacial score (nSPS) is 10.8. The van der Waals surface area contributed by atoms with Crippen LogP contribution >= 0.6 is 15.9 Å². The molecular formula is C12H14BrN5O3. The quantitative estimate of drug-likeness (QED) is 0.591. The summed E-state index contributed by atoms with van der Waals surface area (Å²) in [6.07, 6.45) is 1.56. The van der Waals surface area contributed by atoms with Gasteiger partial charge in [-0.05, 0) is 15.9 Å². The molecule has 112 valence electrons. The fraction of sp³-hybridized carbons (Fsp3) is 0.333. The van der Waals surface area contributed by atoms with Crippen LogP contribution in [0.4, 0.5) is 0 Å². The van der Waals surface area contributed by atoms with E-state index in [0.29, 0.717) is 16.9 Å². The van der Waals surface area contributed by atoms with Crippen molar-refractivity contribution < 1.29 is 4.79 Å². The second-order valence-electron chi connectivity index (χ2n) is 4.44. The fourth-order valence-electron chi connectivity index (χ4n) is 1.99.